The van der Waals surface area contributed by atoms with Crippen LogP contribution in [0.2, 0.25) is 8.35 Å². The van der Waals surface area contributed by atoms with Crippen molar-refractivity contribution < 1.29 is 13.2 Å². The van der Waals surface area contributed by atoms with Crippen LogP contribution < -0.4 is 3.32 Å². The maximum absolute atomic E-state index is 13.1. The fourth-order valence-corrected chi connectivity index (χ4v) is 13.3. The summed E-state index contributed by atoms with van der Waals surface area (Å²) in [6.07, 6.45) is 0.124. The Hall–Kier alpha value is -0.120. The van der Waals surface area contributed by atoms with Crippen LogP contribution in [0.15, 0.2) is 24.3 Å². The number of hydrogen-bond donors (Lipinski definition) is 0. The average molecular weight is 374 g/mol. The average Bonchev–Trinajstić information content (AvgIpc) is 2.38. The van der Waals surface area contributed by atoms with E-state index in [-0.39, 0.29) is 5.56 Å². The molecule has 1 aromatic rings. The molecular formula is C15H22F3In. The van der Waals surface area contributed by atoms with Crippen molar-refractivity contribution in [2.24, 2.45) is 0 Å². The topological polar surface area (TPSA) is 0 Å². The number of benzene rings is 1. The maximum atomic E-state index is 13.1. The van der Waals surface area contributed by atoms with Crippen LogP contribution in [0, 0.1) is 0 Å². The van der Waals surface area contributed by atoms with Crippen molar-refractivity contribution in [1.82, 2.24) is 0 Å². The molecule has 0 amide bonds. The third-order valence-electron chi connectivity index (χ3n) is 3.52. The van der Waals surface area contributed by atoms with E-state index in [0.717, 1.165) is 34.0 Å². The zero-order chi connectivity index (χ0) is 14.3. The van der Waals surface area contributed by atoms with E-state index in [4.69, 9.17) is 0 Å². The van der Waals surface area contributed by atoms with E-state index in [2.05, 4.69) is 13.8 Å². The van der Waals surface area contributed by atoms with Gasteiger partial charge in [0.15, 0.2) is 0 Å². The summed E-state index contributed by atoms with van der Waals surface area (Å²) in [6, 6.07) is 6.29. The Morgan fingerprint density at radius 3 is 1.95 bits per heavy atom. The summed E-state index contributed by atoms with van der Waals surface area (Å²) >= 11 is -2.27. The van der Waals surface area contributed by atoms with Crippen LogP contribution in [-0.4, -0.2) is 21.4 Å². The normalized spacial score (nSPS) is 11.6. The van der Waals surface area contributed by atoms with Crippen LogP contribution >= 0.6 is 0 Å². The molecular weight excluding hydrogens is 352 g/mol. The summed E-state index contributed by atoms with van der Waals surface area (Å²) in [5.74, 6) is 0. The van der Waals surface area contributed by atoms with Crippen LogP contribution in [0.5, 0.6) is 0 Å². The number of hydrogen-bond acceptors (Lipinski definition) is 0. The van der Waals surface area contributed by atoms with Crippen LogP contribution in [-0.2, 0) is 6.18 Å². The second kappa shape index (κ2) is 8.23. The van der Waals surface area contributed by atoms with Gasteiger partial charge in [-0.25, -0.2) is 0 Å². The van der Waals surface area contributed by atoms with Gasteiger partial charge in [-0.15, -0.1) is 0 Å². The summed E-state index contributed by atoms with van der Waals surface area (Å²) in [7, 11) is 0. The first-order chi connectivity index (χ1) is 9.00. The van der Waals surface area contributed by atoms with Gasteiger partial charge in [0.25, 0.3) is 0 Å². The molecule has 106 valence electrons. The van der Waals surface area contributed by atoms with Crippen molar-refractivity contribution in [3.63, 3.8) is 0 Å². The van der Waals surface area contributed by atoms with E-state index in [1.165, 1.54) is 12.1 Å². The van der Waals surface area contributed by atoms with Crippen molar-refractivity contribution in [3.05, 3.63) is 29.8 Å². The van der Waals surface area contributed by atoms with Gasteiger partial charge in [0.2, 0.25) is 0 Å². The first kappa shape index (κ1) is 16.9. The first-order valence-electron chi connectivity index (χ1n) is 7.16. The number of unbranched alkanes of at least 4 members (excludes halogenated alkanes) is 2. The molecule has 0 aliphatic rings. The molecule has 4 heteroatoms. The third-order valence-corrected chi connectivity index (χ3v) is 13.8. The zero-order valence-corrected chi connectivity index (χ0v) is 15.1. The molecule has 0 saturated carbocycles. The molecule has 1 aromatic carbocycles. The summed E-state index contributed by atoms with van der Waals surface area (Å²) in [4.78, 5) is 0. The van der Waals surface area contributed by atoms with Crippen LogP contribution in [0.3, 0.4) is 0 Å². The number of alkyl halides is 3. The summed E-state index contributed by atoms with van der Waals surface area (Å²) in [6.45, 7) is 4.22. The molecule has 0 aliphatic heterocycles. The molecule has 0 aliphatic carbocycles. The van der Waals surface area contributed by atoms with Crippen molar-refractivity contribution in [2.45, 2.75) is 54.1 Å². The summed E-state index contributed by atoms with van der Waals surface area (Å²) in [5, 5.41) is 0. The van der Waals surface area contributed by atoms with Crippen LogP contribution in [0.1, 0.15) is 45.1 Å². The van der Waals surface area contributed by atoms with E-state index in [1.807, 2.05) is 0 Å². The molecule has 0 unspecified atom stereocenters. The molecule has 0 radical (unpaired) electrons. The standard InChI is InChI=1S/C7H4F3.2C4H9.In/c8-7(9,10)6-4-2-1-3-5-6;2*1-3-4-2;/h1-4H;2*1,3-4H2,2H3;. The van der Waals surface area contributed by atoms with Gasteiger partial charge in [-0.1, -0.05) is 0 Å². The van der Waals surface area contributed by atoms with Gasteiger partial charge >= 0.3 is 122 Å². The quantitative estimate of drug-likeness (QED) is 0.630. The van der Waals surface area contributed by atoms with Gasteiger partial charge in [-0.2, -0.15) is 0 Å². The summed E-state index contributed by atoms with van der Waals surface area (Å²) < 4.78 is 42.1. The molecule has 0 N–H and O–H groups in total. The zero-order valence-electron chi connectivity index (χ0n) is 11.8. The molecule has 0 bridgehead atoms. The first-order valence-corrected chi connectivity index (χ1v) is 13.5. The Labute approximate surface area is 121 Å². The molecule has 0 heterocycles. The minimum atomic E-state index is -4.19. The molecule has 0 saturated heterocycles. The van der Waals surface area contributed by atoms with Crippen molar-refractivity contribution >= 4 is 24.8 Å². The van der Waals surface area contributed by atoms with Crippen molar-refractivity contribution in [2.75, 3.05) is 0 Å². The molecule has 0 aromatic heterocycles. The van der Waals surface area contributed by atoms with Gasteiger partial charge in [0.05, 0.1) is 0 Å². The van der Waals surface area contributed by atoms with E-state index >= 15 is 0 Å². The van der Waals surface area contributed by atoms with Gasteiger partial charge in [-0.3, -0.25) is 0 Å². The predicted molar refractivity (Wildman–Crippen MR) is 76.3 cm³/mol. The van der Waals surface area contributed by atoms with E-state index in [0.29, 0.717) is 3.32 Å². The van der Waals surface area contributed by atoms with Gasteiger partial charge in [0, 0.05) is 0 Å². The Morgan fingerprint density at radius 2 is 1.47 bits per heavy atom. The molecule has 0 atom stereocenters. The van der Waals surface area contributed by atoms with E-state index in [1.54, 1.807) is 12.1 Å². The second-order valence-electron chi connectivity index (χ2n) is 5.07. The fourth-order valence-electron chi connectivity index (χ4n) is 2.47. The van der Waals surface area contributed by atoms with E-state index < -0.39 is 27.6 Å². The van der Waals surface area contributed by atoms with E-state index in [9.17, 15) is 13.2 Å². The Kier molecular flexibility index (Phi) is 7.33. The van der Waals surface area contributed by atoms with Gasteiger partial charge in [-0.05, 0) is 0 Å². The van der Waals surface area contributed by atoms with Gasteiger partial charge in [0.1, 0.15) is 0 Å². The van der Waals surface area contributed by atoms with Crippen molar-refractivity contribution in [3.8, 4) is 0 Å². The van der Waals surface area contributed by atoms with Gasteiger partial charge < -0.3 is 0 Å². The minimum absolute atomic E-state index is 0.358. The SMILES string of the molecule is CCC[CH2][In]([CH2]CCC)[c]1ccccc1C(F)(F)F. The van der Waals surface area contributed by atoms with Crippen LogP contribution in [0.4, 0.5) is 13.2 Å². The van der Waals surface area contributed by atoms with Crippen molar-refractivity contribution in [1.29, 1.82) is 0 Å². The number of rotatable bonds is 7. The Bertz CT molecular complexity index is 366. The molecule has 0 nitrogen and oxygen atoms in total. The monoisotopic (exact) mass is 374 g/mol. The number of halogens is 3. The van der Waals surface area contributed by atoms with Crippen LogP contribution in [0.25, 0.3) is 0 Å². The third kappa shape index (κ3) is 5.41. The molecule has 1 rings (SSSR count). The summed E-state index contributed by atoms with van der Waals surface area (Å²) in [5.41, 5.74) is -0.358. The molecule has 19 heavy (non-hydrogen) atoms. The fraction of sp³-hybridized carbons (Fsp3) is 0.600. The molecule has 0 spiro atoms. The Morgan fingerprint density at radius 1 is 0.947 bits per heavy atom. The molecule has 0 fully saturated rings. The predicted octanol–water partition coefficient (Wildman–Crippen LogP) is 5.01. The second-order valence-corrected chi connectivity index (χ2v) is 14.1. The Balaban J connectivity index is 3.00.